The number of benzene rings is 1. The van der Waals surface area contributed by atoms with Gasteiger partial charge in [0.15, 0.2) is 5.65 Å². The predicted octanol–water partition coefficient (Wildman–Crippen LogP) is 2.52. The molecule has 10 heteroatoms. The zero-order valence-corrected chi connectivity index (χ0v) is 15.6. The van der Waals surface area contributed by atoms with Crippen LogP contribution in [0.4, 0.5) is 13.6 Å². The molecule has 3 atom stereocenters. The third-order valence-electron chi connectivity index (χ3n) is 5.51. The molecule has 154 valence electrons. The lowest BCUT2D eigenvalue weighted by molar-refractivity contribution is -0.122. The van der Waals surface area contributed by atoms with Crippen molar-refractivity contribution in [2.75, 3.05) is 6.54 Å². The minimum atomic E-state index is -2.85. The highest BCUT2D eigenvalue weighted by Gasteiger charge is 2.42. The van der Waals surface area contributed by atoms with Crippen molar-refractivity contribution in [2.24, 2.45) is 0 Å². The number of alkyl halides is 2. The minimum Gasteiger partial charge on any atom is -0.435 e. The SMILES string of the molecule is O=C1NCC(c2cc([C@H]3C[C@@H]3c3ccc(OC(F)F)cc3)c3nccn3n2)C(=O)N1. The van der Waals surface area contributed by atoms with Crippen LogP contribution in [-0.2, 0) is 4.79 Å². The van der Waals surface area contributed by atoms with Crippen molar-refractivity contribution in [1.82, 2.24) is 25.2 Å². The summed E-state index contributed by atoms with van der Waals surface area (Å²) in [6.07, 6.45) is 4.23. The van der Waals surface area contributed by atoms with Crippen molar-refractivity contribution in [3.05, 3.63) is 59.5 Å². The number of imidazole rings is 1. The molecule has 2 aromatic heterocycles. The van der Waals surface area contributed by atoms with Crippen molar-refractivity contribution in [3.8, 4) is 5.75 Å². The molecule has 2 N–H and O–H groups in total. The number of carbonyl (C=O) groups excluding carboxylic acids is 2. The molecule has 1 aliphatic heterocycles. The molecule has 2 fully saturated rings. The number of amides is 3. The number of fused-ring (bicyclic) bond motifs is 1. The second-order valence-corrected chi connectivity index (χ2v) is 7.37. The number of hydrogen-bond acceptors (Lipinski definition) is 5. The maximum absolute atomic E-state index is 12.3. The van der Waals surface area contributed by atoms with E-state index in [1.54, 1.807) is 29.0 Å². The second-order valence-electron chi connectivity index (χ2n) is 7.37. The van der Waals surface area contributed by atoms with E-state index in [1.807, 2.05) is 6.07 Å². The van der Waals surface area contributed by atoms with Crippen molar-refractivity contribution in [1.29, 1.82) is 0 Å². The highest BCUT2D eigenvalue weighted by molar-refractivity contribution is 6.00. The average Bonchev–Trinajstić information content (AvgIpc) is 3.35. The fraction of sp³-hybridized carbons (Fsp3) is 0.300. The summed E-state index contributed by atoms with van der Waals surface area (Å²) in [4.78, 5) is 28.0. The van der Waals surface area contributed by atoms with Crippen LogP contribution < -0.4 is 15.4 Å². The fourth-order valence-corrected chi connectivity index (χ4v) is 3.98. The van der Waals surface area contributed by atoms with E-state index in [-0.39, 0.29) is 24.1 Å². The summed E-state index contributed by atoms with van der Waals surface area (Å²) in [5.41, 5.74) is 3.25. The molecule has 0 bridgehead atoms. The summed E-state index contributed by atoms with van der Waals surface area (Å²) in [7, 11) is 0. The first-order valence-corrected chi connectivity index (χ1v) is 9.47. The Bertz CT molecular complexity index is 1130. The molecule has 1 saturated carbocycles. The zero-order valence-electron chi connectivity index (χ0n) is 15.6. The lowest BCUT2D eigenvalue weighted by atomic mass is 9.99. The average molecular weight is 413 g/mol. The van der Waals surface area contributed by atoms with Crippen LogP contribution in [-0.4, -0.2) is 39.7 Å². The number of ether oxygens (including phenoxy) is 1. The second kappa shape index (κ2) is 7.05. The van der Waals surface area contributed by atoms with Crippen LogP contribution in [0.2, 0.25) is 0 Å². The van der Waals surface area contributed by atoms with Gasteiger partial charge in [0.25, 0.3) is 0 Å². The van der Waals surface area contributed by atoms with Crippen molar-refractivity contribution >= 4 is 17.6 Å². The molecule has 8 nitrogen and oxygen atoms in total. The highest BCUT2D eigenvalue weighted by Crippen LogP contribution is 2.55. The summed E-state index contributed by atoms with van der Waals surface area (Å²) in [5.74, 6) is -0.478. The largest absolute Gasteiger partial charge is 0.435 e. The zero-order chi connectivity index (χ0) is 20.8. The van der Waals surface area contributed by atoms with E-state index in [9.17, 15) is 18.4 Å². The van der Waals surface area contributed by atoms with Gasteiger partial charge in [-0.15, -0.1) is 0 Å². The standard InChI is InChI=1S/C20H17F2N5O3/c21-19(22)30-11-3-1-10(2-4-11)12-7-13(12)14-8-16(26-27-6-5-23-17(14)27)15-9-24-20(29)25-18(15)28/h1-6,8,12-13,15,19H,7,9H2,(H2,24,25,28,29)/t12-,13+,15?/m1/s1. The van der Waals surface area contributed by atoms with E-state index in [0.717, 1.165) is 17.5 Å². The number of carbonyl (C=O) groups is 2. The van der Waals surface area contributed by atoms with E-state index in [2.05, 4.69) is 25.5 Å². The molecule has 30 heavy (non-hydrogen) atoms. The highest BCUT2D eigenvalue weighted by atomic mass is 19.3. The van der Waals surface area contributed by atoms with E-state index in [1.165, 1.54) is 12.1 Å². The van der Waals surface area contributed by atoms with Gasteiger partial charge in [0, 0.05) is 24.5 Å². The Labute approximate surface area is 169 Å². The van der Waals surface area contributed by atoms with Crippen LogP contribution >= 0.6 is 0 Å². The molecule has 1 aliphatic carbocycles. The van der Waals surface area contributed by atoms with Crippen LogP contribution in [0.1, 0.15) is 41.0 Å². The van der Waals surface area contributed by atoms with Gasteiger partial charge in [-0.1, -0.05) is 12.1 Å². The number of halogens is 2. The van der Waals surface area contributed by atoms with Crippen LogP contribution in [0.5, 0.6) is 5.75 Å². The van der Waals surface area contributed by atoms with Gasteiger partial charge in [0.2, 0.25) is 5.91 Å². The molecule has 0 spiro atoms. The van der Waals surface area contributed by atoms with Crippen molar-refractivity contribution in [3.63, 3.8) is 0 Å². The first kappa shape index (κ1) is 18.5. The van der Waals surface area contributed by atoms with Gasteiger partial charge in [-0.25, -0.2) is 14.3 Å². The summed E-state index contributed by atoms with van der Waals surface area (Å²) in [5, 5.41) is 9.38. The van der Waals surface area contributed by atoms with E-state index in [0.29, 0.717) is 11.3 Å². The number of urea groups is 1. The van der Waals surface area contributed by atoms with Crippen molar-refractivity contribution in [2.45, 2.75) is 30.8 Å². The topological polar surface area (TPSA) is 97.6 Å². The van der Waals surface area contributed by atoms with E-state index < -0.39 is 24.5 Å². The monoisotopic (exact) mass is 413 g/mol. The van der Waals surface area contributed by atoms with Gasteiger partial charge in [-0.05, 0) is 42.0 Å². The maximum atomic E-state index is 12.3. The first-order chi connectivity index (χ1) is 14.5. The number of imide groups is 1. The molecule has 2 aliphatic rings. The van der Waals surface area contributed by atoms with Gasteiger partial charge in [0.1, 0.15) is 5.75 Å². The van der Waals surface area contributed by atoms with Gasteiger partial charge in [-0.3, -0.25) is 10.1 Å². The Morgan fingerprint density at radius 3 is 2.70 bits per heavy atom. The quantitative estimate of drug-likeness (QED) is 0.670. The van der Waals surface area contributed by atoms with Gasteiger partial charge < -0.3 is 10.1 Å². The lowest BCUT2D eigenvalue weighted by Gasteiger charge is -2.22. The maximum Gasteiger partial charge on any atom is 0.387 e. The number of rotatable bonds is 5. The van der Waals surface area contributed by atoms with Crippen LogP contribution in [0.3, 0.4) is 0 Å². The number of nitrogens with zero attached hydrogens (tertiary/aromatic N) is 3. The Kier molecular flexibility index (Phi) is 4.34. The molecule has 1 aromatic carbocycles. The van der Waals surface area contributed by atoms with Gasteiger partial charge in [-0.2, -0.15) is 13.9 Å². The van der Waals surface area contributed by atoms with Crippen LogP contribution in [0.25, 0.3) is 5.65 Å². The fourth-order valence-electron chi connectivity index (χ4n) is 3.98. The number of aromatic nitrogens is 3. The summed E-state index contributed by atoms with van der Waals surface area (Å²) in [6, 6.07) is 8.02. The summed E-state index contributed by atoms with van der Waals surface area (Å²) >= 11 is 0. The smallest absolute Gasteiger partial charge is 0.387 e. The minimum absolute atomic E-state index is 0.123. The molecule has 5 rings (SSSR count). The van der Waals surface area contributed by atoms with E-state index >= 15 is 0 Å². The molecular weight excluding hydrogens is 396 g/mol. The summed E-state index contributed by atoms with van der Waals surface area (Å²) in [6.45, 7) is -2.67. The predicted molar refractivity (Wildman–Crippen MR) is 100 cm³/mol. The lowest BCUT2D eigenvalue weighted by Crippen LogP contribution is -2.51. The van der Waals surface area contributed by atoms with Crippen LogP contribution in [0.15, 0.2) is 42.7 Å². The Morgan fingerprint density at radius 1 is 1.17 bits per heavy atom. The molecule has 3 aromatic rings. The molecule has 1 unspecified atom stereocenters. The Balaban J connectivity index is 1.43. The van der Waals surface area contributed by atoms with Gasteiger partial charge >= 0.3 is 12.6 Å². The molecule has 3 amide bonds. The third kappa shape index (κ3) is 3.34. The third-order valence-corrected chi connectivity index (χ3v) is 5.51. The van der Waals surface area contributed by atoms with Crippen molar-refractivity contribution < 1.29 is 23.1 Å². The number of nitrogens with one attached hydrogen (secondary N) is 2. The van der Waals surface area contributed by atoms with Crippen LogP contribution in [0, 0.1) is 0 Å². The van der Waals surface area contributed by atoms with Gasteiger partial charge in [0.05, 0.1) is 11.6 Å². The first-order valence-electron chi connectivity index (χ1n) is 9.47. The summed E-state index contributed by atoms with van der Waals surface area (Å²) < 4.78 is 30.7. The number of hydrogen-bond donors (Lipinski definition) is 2. The molecular formula is C20H17F2N5O3. The van der Waals surface area contributed by atoms with E-state index in [4.69, 9.17) is 0 Å². The Hall–Kier alpha value is -3.56. The molecule has 0 radical (unpaired) electrons. The molecule has 3 heterocycles. The normalized spacial score (nSPS) is 23.4. The molecule has 1 saturated heterocycles. The Morgan fingerprint density at radius 2 is 1.97 bits per heavy atom.